The number of ether oxygens (including phenoxy) is 1. The number of carbonyl (C=O) groups is 4. The zero-order valence-corrected chi connectivity index (χ0v) is 17.6. The topological polar surface area (TPSA) is 105 Å². The molecular weight excluding hydrogens is 422 g/mol. The standard InChI is InChI=1S/C25H21N3O5/c29-22-15-28(21-9-5-4-8-20(21)27-22)23(30)16-33-24(31)14-26-25(32)19-12-10-18(11-13-19)17-6-2-1-3-7-17/h1-13H,14-16H2,(H,26,32)(H,27,29). The van der Waals surface area contributed by atoms with Crippen molar-refractivity contribution in [3.63, 3.8) is 0 Å². The summed E-state index contributed by atoms with van der Waals surface area (Å²) in [6, 6.07) is 23.6. The maximum atomic E-state index is 12.5. The lowest BCUT2D eigenvalue weighted by atomic mass is 10.0. The van der Waals surface area contributed by atoms with Crippen molar-refractivity contribution in [2.24, 2.45) is 0 Å². The van der Waals surface area contributed by atoms with E-state index >= 15 is 0 Å². The highest BCUT2D eigenvalue weighted by Crippen LogP contribution is 2.28. The number of esters is 1. The lowest BCUT2D eigenvalue weighted by Crippen LogP contribution is -2.44. The second-order valence-electron chi connectivity index (χ2n) is 7.33. The Hall–Kier alpha value is -4.46. The van der Waals surface area contributed by atoms with Crippen molar-refractivity contribution in [3.8, 4) is 11.1 Å². The summed E-state index contributed by atoms with van der Waals surface area (Å²) in [7, 11) is 0. The van der Waals surface area contributed by atoms with Crippen molar-refractivity contribution in [2.75, 3.05) is 29.9 Å². The second kappa shape index (κ2) is 9.78. The van der Waals surface area contributed by atoms with Crippen molar-refractivity contribution in [1.29, 1.82) is 0 Å². The zero-order valence-electron chi connectivity index (χ0n) is 17.6. The van der Waals surface area contributed by atoms with Crippen molar-refractivity contribution >= 4 is 35.1 Å². The lowest BCUT2D eigenvalue weighted by Gasteiger charge is -2.28. The summed E-state index contributed by atoms with van der Waals surface area (Å²) in [6.07, 6.45) is 0. The molecule has 0 saturated heterocycles. The fourth-order valence-corrected chi connectivity index (χ4v) is 3.43. The maximum absolute atomic E-state index is 12.5. The van der Waals surface area contributed by atoms with E-state index in [0.717, 1.165) is 11.1 Å². The van der Waals surface area contributed by atoms with Gasteiger partial charge in [0.1, 0.15) is 13.1 Å². The van der Waals surface area contributed by atoms with E-state index in [1.54, 1.807) is 36.4 Å². The van der Waals surface area contributed by atoms with Crippen LogP contribution in [0.5, 0.6) is 0 Å². The number of nitrogens with zero attached hydrogens (tertiary/aromatic N) is 1. The summed E-state index contributed by atoms with van der Waals surface area (Å²) in [5, 5.41) is 5.16. The van der Waals surface area contributed by atoms with Gasteiger partial charge in [-0.15, -0.1) is 0 Å². The van der Waals surface area contributed by atoms with Crippen LogP contribution in [0, 0.1) is 0 Å². The molecule has 0 saturated carbocycles. The largest absolute Gasteiger partial charge is 0.454 e. The number of hydrogen-bond acceptors (Lipinski definition) is 5. The first-order valence-electron chi connectivity index (χ1n) is 10.3. The monoisotopic (exact) mass is 443 g/mol. The van der Waals surface area contributed by atoms with Gasteiger partial charge >= 0.3 is 5.97 Å². The molecule has 0 bridgehead atoms. The highest BCUT2D eigenvalue weighted by molar-refractivity contribution is 6.10. The number of fused-ring (bicyclic) bond motifs is 1. The van der Waals surface area contributed by atoms with Crippen LogP contribution in [0.25, 0.3) is 11.1 Å². The van der Waals surface area contributed by atoms with Gasteiger partial charge < -0.3 is 15.4 Å². The molecule has 0 fully saturated rings. The van der Waals surface area contributed by atoms with E-state index in [9.17, 15) is 19.2 Å². The van der Waals surface area contributed by atoms with Gasteiger partial charge in [-0.25, -0.2) is 0 Å². The Kier molecular flexibility index (Phi) is 6.45. The zero-order chi connectivity index (χ0) is 23.2. The molecule has 0 radical (unpaired) electrons. The van der Waals surface area contributed by atoms with E-state index in [-0.39, 0.29) is 19.0 Å². The average molecular weight is 443 g/mol. The maximum Gasteiger partial charge on any atom is 0.325 e. The number of benzene rings is 3. The molecule has 8 nitrogen and oxygen atoms in total. The Morgan fingerprint density at radius 2 is 1.55 bits per heavy atom. The van der Waals surface area contributed by atoms with Crippen LogP contribution < -0.4 is 15.5 Å². The molecule has 4 rings (SSSR count). The molecule has 1 heterocycles. The van der Waals surface area contributed by atoms with Gasteiger partial charge in [0.25, 0.3) is 11.8 Å². The minimum Gasteiger partial charge on any atom is -0.454 e. The van der Waals surface area contributed by atoms with E-state index in [1.807, 2.05) is 42.5 Å². The third-order valence-corrected chi connectivity index (χ3v) is 5.08. The Labute approximate surface area is 190 Å². The van der Waals surface area contributed by atoms with Crippen LogP contribution in [-0.4, -0.2) is 43.4 Å². The molecule has 33 heavy (non-hydrogen) atoms. The van der Waals surface area contributed by atoms with E-state index in [0.29, 0.717) is 16.9 Å². The van der Waals surface area contributed by atoms with Gasteiger partial charge in [-0.05, 0) is 35.4 Å². The molecule has 0 aliphatic carbocycles. The molecule has 0 unspecified atom stereocenters. The predicted molar refractivity (Wildman–Crippen MR) is 123 cm³/mol. The number of carbonyl (C=O) groups excluding carboxylic acids is 4. The SMILES string of the molecule is O=C1CN(C(=O)COC(=O)CNC(=O)c2ccc(-c3ccccc3)cc2)c2ccccc2N1. The van der Waals surface area contributed by atoms with E-state index in [1.165, 1.54) is 4.90 Å². The van der Waals surface area contributed by atoms with Crippen LogP contribution in [0.1, 0.15) is 10.4 Å². The Morgan fingerprint density at radius 1 is 0.879 bits per heavy atom. The van der Waals surface area contributed by atoms with Crippen molar-refractivity contribution in [3.05, 3.63) is 84.4 Å². The first-order chi connectivity index (χ1) is 16.0. The van der Waals surface area contributed by atoms with E-state index in [4.69, 9.17) is 4.74 Å². The molecule has 166 valence electrons. The van der Waals surface area contributed by atoms with Crippen LogP contribution in [0.15, 0.2) is 78.9 Å². The quantitative estimate of drug-likeness (QED) is 0.570. The van der Waals surface area contributed by atoms with Gasteiger partial charge in [0.15, 0.2) is 6.61 Å². The van der Waals surface area contributed by atoms with Crippen LogP contribution in [0.4, 0.5) is 11.4 Å². The first-order valence-corrected chi connectivity index (χ1v) is 10.3. The molecular formula is C25H21N3O5. The second-order valence-corrected chi connectivity index (χ2v) is 7.33. The number of rotatable bonds is 6. The van der Waals surface area contributed by atoms with E-state index < -0.39 is 24.4 Å². The highest BCUT2D eigenvalue weighted by Gasteiger charge is 2.27. The van der Waals surface area contributed by atoms with Gasteiger partial charge in [-0.1, -0.05) is 54.6 Å². The minimum absolute atomic E-state index is 0.164. The Bertz CT molecular complexity index is 1190. The van der Waals surface area contributed by atoms with Gasteiger partial charge in [-0.2, -0.15) is 0 Å². The number of anilines is 2. The summed E-state index contributed by atoms with van der Waals surface area (Å²) in [5.41, 5.74) is 3.45. The fourth-order valence-electron chi connectivity index (χ4n) is 3.43. The molecule has 1 aliphatic heterocycles. The van der Waals surface area contributed by atoms with Crippen LogP contribution in [-0.2, 0) is 19.1 Å². The number of nitrogens with one attached hydrogen (secondary N) is 2. The Morgan fingerprint density at radius 3 is 2.30 bits per heavy atom. The third kappa shape index (κ3) is 5.24. The summed E-state index contributed by atoms with van der Waals surface area (Å²) < 4.78 is 4.99. The van der Waals surface area contributed by atoms with Crippen molar-refractivity contribution in [1.82, 2.24) is 5.32 Å². The highest BCUT2D eigenvalue weighted by atomic mass is 16.5. The summed E-state index contributed by atoms with van der Waals surface area (Å²) in [6.45, 7) is -1.09. The molecule has 1 aliphatic rings. The molecule has 0 aromatic heterocycles. The molecule has 0 spiro atoms. The molecule has 0 atom stereocenters. The summed E-state index contributed by atoms with van der Waals surface area (Å²) in [5.74, 6) is -2.06. The molecule has 3 aromatic rings. The van der Waals surface area contributed by atoms with Gasteiger partial charge in [0.2, 0.25) is 5.91 Å². The number of hydrogen-bond donors (Lipinski definition) is 2. The summed E-state index contributed by atoms with van der Waals surface area (Å²) in [4.78, 5) is 49.9. The Balaban J connectivity index is 1.27. The first kappa shape index (κ1) is 21.8. The molecule has 3 amide bonds. The minimum atomic E-state index is -0.757. The van der Waals surface area contributed by atoms with Gasteiger partial charge in [-0.3, -0.25) is 24.1 Å². The van der Waals surface area contributed by atoms with Crippen molar-refractivity contribution in [2.45, 2.75) is 0 Å². The molecule has 8 heteroatoms. The number of amides is 3. The normalized spacial score (nSPS) is 12.4. The lowest BCUT2D eigenvalue weighted by molar-refractivity contribution is -0.146. The average Bonchev–Trinajstić information content (AvgIpc) is 2.86. The van der Waals surface area contributed by atoms with Gasteiger partial charge in [0, 0.05) is 5.56 Å². The van der Waals surface area contributed by atoms with Crippen LogP contribution >= 0.6 is 0 Å². The smallest absolute Gasteiger partial charge is 0.325 e. The van der Waals surface area contributed by atoms with Gasteiger partial charge in [0.05, 0.1) is 11.4 Å². The van der Waals surface area contributed by atoms with Crippen LogP contribution in [0.2, 0.25) is 0 Å². The predicted octanol–water partition coefficient (Wildman–Crippen LogP) is 2.61. The van der Waals surface area contributed by atoms with E-state index in [2.05, 4.69) is 10.6 Å². The molecule has 3 aromatic carbocycles. The summed E-state index contributed by atoms with van der Waals surface area (Å²) >= 11 is 0. The molecule has 2 N–H and O–H groups in total. The number of para-hydroxylation sites is 2. The van der Waals surface area contributed by atoms with Crippen LogP contribution in [0.3, 0.4) is 0 Å². The third-order valence-electron chi connectivity index (χ3n) is 5.08. The fraction of sp³-hybridized carbons (Fsp3) is 0.120. The van der Waals surface area contributed by atoms with Crippen molar-refractivity contribution < 1.29 is 23.9 Å².